The number of methoxy groups -OCH3 is 2. The summed E-state index contributed by atoms with van der Waals surface area (Å²) in [6.45, 7) is 0.882. The normalized spacial score (nSPS) is 18.3. The number of epoxide rings is 1. The van der Waals surface area contributed by atoms with Crippen LogP contribution in [0.25, 0.3) is 0 Å². The fraction of sp³-hybridized carbons (Fsp3) is 0.500. The van der Waals surface area contributed by atoms with Gasteiger partial charge in [-0.2, -0.15) is 0 Å². The van der Waals surface area contributed by atoms with Crippen LogP contribution in [0.5, 0.6) is 11.5 Å². The van der Waals surface area contributed by atoms with Crippen molar-refractivity contribution in [2.75, 3.05) is 20.8 Å². The third-order valence-corrected chi connectivity index (χ3v) is 2.99. The molecule has 1 heterocycles. The van der Waals surface area contributed by atoms with E-state index in [2.05, 4.69) is 0 Å². The third-order valence-electron chi connectivity index (χ3n) is 2.69. The molecule has 1 aromatic rings. The van der Waals surface area contributed by atoms with Gasteiger partial charge in [-0.25, -0.2) is 0 Å². The van der Waals surface area contributed by atoms with Gasteiger partial charge in [0.15, 0.2) is 0 Å². The first kappa shape index (κ1) is 11.6. The van der Waals surface area contributed by atoms with Crippen molar-refractivity contribution in [1.82, 2.24) is 0 Å². The van der Waals surface area contributed by atoms with E-state index in [1.165, 1.54) is 0 Å². The Bertz CT molecular complexity index is 375. The van der Waals surface area contributed by atoms with E-state index in [4.69, 9.17) is 25.8 Å². The van der Waals surface area contributed by atoms with Gasteiger partial charge in [-0.15, -0.1) is 0 Å². The first-order valence-corrected chi connectivity index (χ1v) is 5.64. The van der Waals surface area contributed by atoms with Crippen molar-refractivity contribution in [1.29, 1.82) is 0 Å². The Kier molecular flexibility index (Phi) is 3.56. The van der Waals surface area contributed by atoms with Crippen LogP contribution in [-0.4, -0.2) is 26.9 Å². The van der Waals surface area contributed by atoms with Crippen LogP contribution in [0.15, 0.2) is 12.1 Å². The van der Waals surface area contributed by atoms with Gasteiger partial charge in [0, 0.05) is 6.07 Å². The van der Waals surface area contributed by atoms with Gasteiger partial charge in [0.05, 0.1) is 32.0 Å². The summed E-state index contributed by atoms with van der Waals surface area (Å²) in [5.74, 6) is 1.50. The van der Waals surface area contributed by atoms with E-state index in [0.717, 1.165) is 30.8 Å². The van der Waals surface area contributed by atoms with E-state index in [1.807, 2.05) is 6.07 Å². The lowest BCUT2D eigenvalue weighted by Crippen LogP contribution is -1.97. The van der Waals surface area contributed by atoms with Crippen molar-refractivity contribution >= 4 is 11.6 Å². The number of halogens is 1. The van der Waals surface area contributed by atoms with E-state index in [9.17, 15) is 0 Å². The van der Waals surface area contributed by atoms with Crippen LogP contribution in [0.3, 0.4) is 0 Å². The number of hydrogen-bond donors (Lipinski definition) is 0. The Morgan fingerprint density at radius 1 is 1.31 bits per heavy atom. The molecule has 0 aromatic heterocycles. The molecule has 0 saturated carbocycles. The minimum absolute atomic E-state index is 0.423. The number of rotatable bonds is 5. The van der Waals surface area contributed by atoms with Gasteiger partial charge in [-0.1, -0.05) is 11.6 Å². The Hall–Kier alpha value is -0.930. The molecule has 1 aliphatic rings. The average molecular weight is 243 g/mol. The molecule has 1 unspecified atom stereocenters. The predicted molar refractivity (Wildman–Crippen MR) is 62.6 cm³/mol. The van der Waals surface area contributed by atoms with Crippen LogP contribution in [-0.2, 0) is 11.2 Å². The lowest BCUT2D eigenvalue weighted by atomic mass is 10.1. The fourth-order valence-corrected chi connectivity index (χ4v) is 1.90. The number of hydrogen-bond acceptors (Lipinski definition) is 3. The molecule has 4 heteroatoms. The van der Waals surface area contributed by atoms with Crippen molar-refractivity contribution in [2.45, 2.75) is 18.9 Å². The smallest absolute Gasteiger partial charge is 0.137 e. The highest BCUT2D eigenvalue weighted by Gasteiger charge is 2.22. The van der Waals surface area contributed by atoms with Crippen molar-refractivity contribution in [3.05, 3.63) is 22.7 Å². The van der Waals surface area contributed by atoms with Crippen LogP contribution in [0.1, 0.15) is 12.0 Å². The highest BCUT2D eigenvalue weighted by atomic mass is 35.5. The van der Waals surface area contributed by atoms with E-state index < -0.39 is 0 Å². The summed E-state index contributed by atoms with van der Waals surface area (Å²) in [4.78, 5) is 0. The van der Waals surface area contributed by atoms with Crippen LogP contribution in [0.4, 0.5) is 0 Å². The lowest BCUT2D eigenvalue weighted by Gasteiger charge is -2.11. The van der Waals surface area contributed by atoms with Gasteiger partial charge < -0.3 is 14.2 Å². The molecule has 1 aliphatic heterocycles. The minimum atomic E-state index is 0.423. The molecule has 16 heavy (non-hydrogen) atoms. The number of aryl methyl sites for hydroxylation is 1. The van der Waals surface area contributed by atoms with Gasteiger partial charge in [0.1, 0.15) is 11.5 Å². The zero-order valence-electron chi connectivity index (χ0n) is 9.46. The lowest BCUT2D eigenvalue weighted by molar-refractivity contribution is 0.386. The molecule has 1 aromatic carbocycles. The van der Waals surface area contributed by atoms with E-state index in [1.54, 1.807) is 20.3 Å². The topological polar surface area (TPSA) is 31.0 Å². The summed E-state index contributed by atoms with van der Waals surface area (Å²) < 4.78 is 15.7. The molecule has 1 atom stereocenters. The monoisotopic (exact) mass is 242 g/mol. The molecule has 2 rings (SSSR count). The van der Waals surface area contributed by atoms with Crippen LogP contribution in [0.2, 0.25) is 5.02 Å². The standard InChI is InChI=1S/C12H15ClO3/c1-14-11-6-10(13)12(15-2)5-8(11)3-4-9-7-16-9/h5-6,9H,3-4,7H2,1-2H3. The molecule has 0 bridgehead atoms. The maximum absolute atomic E-state index is 6.03. The molecule has 0 spiro atoms. The van der Waals surface area contributed by atoms with Crippen LogP contribution in [0, 0.1) is 0 Å². The summed E-state index contributed by atoms with van der Waals surface area (Å²) in [5.41, 5.74) is 1.11. The van der Waals surface area contributed by atoms with E-state index in [0.29, 0.717) is 16.9 Å². The number of benzene rings is 1. The second kappa shape index (κ2) is 4.93. The molecule has 0 aliphatic carbocycles. The first-order valence-electron chi connectivity index (χ1n) is 5.26. The Balaban J connectivity index is 2.17. The van der Waals surface area contributed by atoms with E-state index >= 15 is 0 Å². The molecule has 88 valence electrons. The minimum Gasteiger partial charge on any atom is -0.496 e. The second-order valence-electron chi connectivity index (χ2n) is 3.79. The average Bonchev–Trinajstić information content (AvgIpc) is 3.10. The zero-order valence-corrected chi connectivity index (χ0v) is 10.2. The molecule has 3 nitrogen and oxygen atoms in total. The van der Waals surface area contributed by atoms with Crippen LogP contribution >= 0.6 is 11.6 Å². The summed E-state index contributed by atoms with van der Waals surface area (Å²) in [7, 11) is 3.26. The maximum atomic E-state index is 6.03. The highest BCUT2D eigenvalue weighted by Crippen LogP contribution is 2.33. The molecule has 1 saturated heterocycles. The quantitative estimate of drug-likeness (QED) is 0.744. The molecule has 0 amide bonds. The molecule has 0 radical (unpaired) electrons. The maximum Gasteiger partial charge on any atom is 0.137 e. The SMILES string of the molecule is COc1cc(CCC2CO2)c(OC)cc1Cl. The van der Waals surface area contributed by atoms with Crippen molar-refractivity contribution in [3.8, 4) is 11.5 Å². The Morgan fingerprint density at radius 2 is 2.00 bits per heavy atom. The third kappa shape index (κ3) is 2.60. The highest BCUT2D eigenvalue weighted by molar-refractivity contribution is 6.32. The van der Waals surface area contributed by atoms with Crippen LogP contribution < -0.4 is 9.47 Å². The summed E-state index contributed by atoms with van der Waals surface area (Å²) in [5, 5.41) is 0.575. The summed E-state index contributed by atoms with van der Waals surface area (Å²) in [6, 6.07) is 3.73. The van der Waals surface area contributed by atoms with Crippen molar-refractivity contribution in [2.24, 2.45) is 0 Å². The molecule has 0 N–H and O–H groups in total. The summed E-state index contributed by atoms with van der Waals surface area (Å²) in [6.07, 6.45) is 2.36. The Labute approximate surface area is 100 Å². The van der Waals surface area contributed by atoms with Gasteiger partial charge in [0.25, 0.3) is 0 Å². The second-order valence-corrected chi connectivity index (χ2v) is 4.20. The predicted octanol–water partition coefficient (Wildman–Crippen LogP) is 2.69. The summed E-state index contributed by atoms with van der Waals surface area (Å²) >= 11 is 6.03. The van der Waals surface area contributed by atoms with Gasteiger partial charge >= 0.3 is 0 Å². The van der Waals surface area contributed by atoms with Crippen molar-refractivity contribution in [3.63, 3.8) is 0 Å². The van der Waals surface area contributed by atoms with Gasteiger partial charge in [-0.05, 0) is 24.5 Å². The van der Waals surface area contributed by atoms with E-state index in [-0.39, 0.29) is 0 Å². The molecular formula is C12H15ClO3. The first-order chi connectivity index (χ1) is 7.74. The van der Waals surface area contributed by atoms with Gasteiger partial charge in [-0.3, -0.25) is 0 Å². The largest absolute Gasteiger partial charge is 0.496 e. The molecular weight excluding hydrogens is 228 g/mol. The van der Waals surface area contributed by atoms with Gasteiger partial charge in [0.2, 0.25) is 0 Å². The number of ether oxygens (including phenoxy) is 3. The zero-order chi connectivity index (χ0) is 11.5. The van der Waals surface area contributed by atoms with Crippen molar-refractivity contribution < 1.29 is 14.2 Å². The Morgan fingerprint density at radius 3 is 2.56 bits per heavy atom. The molecule has 1 fully saturated rings. The fourth-order valence-electron chi connectivity index (χ4n) is 1.67.